The van der Waals surface area contributed by atoms with Crippen molar-refractivity contribution in [1.29, 1.82) is 0 Å². The molecule has 0 aliphatic heterocycles. The number of hydrogen-bond acceptors (Lipinski definition) is 1. The number of hydrogen-bond donors (Lipinski definition) is 1. The first-order valence-corrected chi connectivity index (χ1v) is 4.90. The molecule has 0 aliphatic carbocycles. The highest BCUT2D eigenvalue weighted by Gasteiger charge is 2.22. The zero-order chi connectivity index (χ0) is 8.91. The molecular weight excluding hydrogens is 158 g/mol. The van der Waals surface area contributed by atoms with E-state index in [1.165, 1.54) is 0 Å². The molecule has 0 radical (unpaired) electrons. The molecule has 68 valence electrons. The van der Waals surface area contributed by atoms with Gasteiger partial charge in [-0.2, -0.15) is 0 Å². The van der Waals surface area contributed by atoms with Crippen LogP contribution in [0.15, 0.2) is 0 Å². The molecule has 1 nitrogen and oxygen atoms in total. The normalized spacial score (nSPS) is 15.0. The largest absolute Gasteiger partial charge is 0.325 e. The van der Waals surface area contributed by atoms with Gasteiger partial charge in [0.25, 0.3) is 0 Å². The Bertz CT molecular complexity index is 96.2. The van der Waals surface area contributed by atoms with Gasteiger partial charge in [0.15, 0.2) is 0 Å². The summed E-state index contributed by atoms with van der Waals surface area (Å²) in [6.45, 7) is 6.37. The van der Waals surface area contributed by atoms with E-state index in [-0.39, 0.29) is 5.54 Å². The van der Waals surface area contributed by atoms with Gasteiger partial charge in [0.1, 0.15) is 0 Å². The second-order valence-corrected chi connectivity index (χ2v) is 4.14. The summed E-state index contributed by atoms with van der Waals surface area (Å²) in [5.74, 6) is 1.37. The molecule has 1 unspecified atom stereocenters. The molecule has 0 rings (SSSR count). The van der Waals surface area contributed by atoms with Gasteiger partial charge in [0.05, 0.1) is 0 Å². The number of rotatable bonds is 5. The van der Waals surface area contributed by atoms with Gasteiger partial charge >= 0.3 is 0 Å². The van der Waals surface area contributed by atoms with Gasteiger partial charge in [-0.15, -0.1) is 11.6 Å². The first-order chi connectivity index (χ1) is 5.02. The van der Waals surface area contributed by atoms with Crippen LogP contribution in [0.25, 0.3) is 0 Å². The van der Waals surface area contributed by atoms with Crippen LogP contribution in [0.2, 0.25) is 0 Å². The van der Waals surface area contributed by atoms with Gasteiger partial charge in [-0.05, 0) is 32.6 Å². The van der Waals surface area contributed by atoms with Crippen LogP contribution in [0.4, 0.5) is 0 Å². The van der Waals surface area contributed by atoms with Crippen LogP contribution in [0, 0.1) is 5.92 Å². The van der Waals surface area contributed by atoms with Gasteiger partial charge in [-0.3, -0.25) is 0 Å². The van der Waals surface area contributed by atoms with Gasteiger partial charge in [0, 0.05) is 11.4 Å². The van der Waals surface area contributed by atoms with E-state index < -0.39 is 0 Å². The van der Waals surface area contributed by atoms with Crippen molar-refractivity contribution in [2.45, 2.75) is 45.6 Å². The molecule has 0 bridgehead atoms. The van der Waals surface area contributed by atoms with E-state index >= 15 is 0 Å². The highest BCUT2D eigenvalue weighted by atomic mass is 35.5. The van der Waals surface area contributed by atoms with Crippen LogP contribution >= 0.6 is 11.6 Å². The van der Waals surface area contributed by atoms with Gasteiger partial charge in [-0.25, -0.2) is 0 Å². The third-order valence-corrected chi connectivity index (χ3v) is 2.50. The molecule has 0 aromatic heterocycles. The third kappa shape index (κ3) is 4.65. The second-order valence-electron chi connectivity index (χ2n) is 3.76. The highest BCUT2D eigenvalue weighted by Crippen LogP contribution is 2.22. The monoisotopic (exact) mass is 177 g/mol. The van der Waals surface area contributed by atoms with Crippen LogP contribution in [0.3, 0.4) is 0 Å². The summed E-state index contributed by atoms with van der Waals surface area (Å²) in [6, 6.07) is 0. The summed E-state index contributed by atoms with van der Waals surface area (Å²) in [5.41, 5.74) is 5.95. The SMILES string of the molecule is CCC(CCCCl)C(C)(C)N. The summed E-state index contributed by atoms with van der Waals surface area (Å²) >= 11 is 5.61. The minimum atomic E-state index is -0.0409. The van der Waals surface area contributed by atoms with E-state index in [1.807, 2.05) is 0 Å². The van der Waals surface area contributed by atoms with E-state index in [0.717, 1.165) is 25.1 Å². The average molecular weight is 178 g/mol. The van der Waals surface area contributed by atoms with Gasteiger partial charge in [-0.1, -0.05) is 13.3 Å². The maximum Gasteiger partial charge on any atom is 0.0223 e. The zero-order valence-corrected chi connectivity index (χ0v) is 8.62. The Labute approximate surface area is 75.3 Å². The van der Waals surface area contributed by atoms with Crippen LogP contribution in [0.1, 0.15) is 40.0 Å². The smallest absolute Gasteiger partial charge is 0.0223 e. The van der Waals surface area contributed by atoms with E-state index in [4.69, 9.17) is 17.3 Å². The molecule has 0 amide bonds. The van der Waals surface area contributed by atoms with Crippen molar-refractivity contribution in [3.8, 4) is 0 Å². The predicted octanol–water partition coefficient (Wildman–Crippen LogP) is 2.77. The van der Waals surface area contributed by atoms with Crippen molar-refractivity contribution in [1.82, 2.24) is 0 Å². The first-order valence-electron chi connectivity index (χ1n) is 4.37. The van der Waals surface area contributed by atoms with Crippen molar-refractivity contribution < 1.29 is 0 Å². The van der Waals surface area contributed by atoms with E-state index in [9.17, 15) is 0 Å². The summed E-state index contributed by atoms with van der Waals surface area (Å²) in [6.07, 6.45) is 3.39. The molecule has 0 aromatic rings. The maximum atomic E-state index is 5.99. The van der Waals surface area contributed by atoms with Crippen molar-refractivity contribution in [2.24, 2.45) is 11.7 Å². The molecule has 11 heavy (non-hydrogen) atoms. The summed E-state index contributed by atoms with van der Waals surface area (Å²) in [4.78, 5) is 0. The molecular formula is C9H20ClN. The molecule has 0 aliphatic rings. The molecule has 0 saturated carbocycles. The minimum Gasteiger partial charge on any atom is -0.325 e. The third-order valence-electron chi connectivity index (χ3n) is 2.23. The lowest BCUT2D eigenvalue weighted by atomic mass is 9.83. The Balaban J connectivity index is 3.76. The van der Waals surface area contributed by atoms with Crippen molar-refractivity contribution >= 4 is 11.6 Å². The number of halogens is 1. The maximum absolute atomic E-state index is 5.99. The minimum absolute atomic E-state index is 0.0409. The van der Waals surface area contributed by atoms with E-state index in [2.05, 4.69) is 20.8 Å². The van der Waals surface area contributed by atoms with Gasteiger partial charge < -0.3 is 5.73 Å². The standard InChI is InChI=1S/C9H20ClN/c1-4-8(6-5-7-10)9(2,3)11/h8H,4-7,11H2,1-3H3. The fraction of sp³-hybridized carbons (Fsp3) is 1.00. The van der Waals surface area contributed by atoms with Crippen molar-refractivity contribution in [3.63, 3.8) is 0 Å². The molecule has 2 heteroatoms. The lowest BCUT2D eigenvalue weighted by Crippen LogP contribution is -2.40. The predicted molar refractivity (Wildman–Crippen MR) is 52.0 cm³/mol. The molecule has 0 aromatic carbocycles. The fourth-order valence-electron chi connectivity index (χ4n) is 1.43. The van der Waals surface area contributed by atoms with Crippen LogP contribution in [0.5, 0.6) is 0 Å². The lowest BCUT2D eigenvalue weighted by Gasteiger charge is -2.29. The first kappa shape index (κ1) is 11.2. The average Bonchev–Trinajstić information content (AvgIpc) is 1.87. The van der Waals surface area contributed by atoms with Crippen molar-refractivity contribution in [3.05, 3.63) is 0 Å². The second kappa shape index (κ2) is 5.00. The molecule has 0 saturated heterocycles. The molecule has 0 fully saturated rings. The van der Waals surface area contributed by atoms with Crippen LogP contribution in [-0.4, -0.2) is 11.4 Å². The number of alkyl halides is 1. The van der Waals surface area contributed by atoms with Crippen molar-refractivity contribution in [2.75, 3.05) is 5.88 Å². The van der Waals surface area contributed by atoms with Crippen LogP contribution in [-0.2, 0) is 0 Å². The molecule has 2 N–H and O–H groups in total. The Morgan fingerprint density at radius 2 is 2.00 bits per heavy atom. The Kier molecular flexibility index (Phi) is 5.11. The summed E-state index contributed by atoms with van der Waals surface area (Å²) < 4.78 is 0. The summed E-state index contributed by atoms with van der Waals surface area (Å²) in [7, 11) is 0. The summed E-state index contributed by atoms with van der Waals surface area (Å²) in [5, 5.41) is 0. The zero-order valence-electron chi connectivity index (χ0n) is 7.86. The van der Waals surface area contributed by atoms with E-state index in [1.54, 1.807) is 0 Å². The lowest BCUT2D eigenvalue weighted by molar-refractivity contribution is 0.291. The Hall–Kier alpha value is 0.250. The molecule has 0 spiro atoms. The topological polar surface area (TPSA) is 26.0 Å². The molecule has 1 atom stereocenters. The number of nitrogens with two attached hydrogens (primary N) is 1. The van der Waals surface area contributed by atoms with Crippen LogP contribution < -0.4 is 5.73 Å². The highest BCUT2D eigenvalue weighted by molar-refractivity contribution is 6.17. The quantitative estimate of drug-likeness (QED) is 0.643. The van der Waals surface area contributed by atoms with Gasteiger partial charge in [0.2, 0.25) is 0 Å². The van der Waals surface area contributed by atoms with E-state index in [0.29, 0.717) is 5.92 Å². The molecule has 0 heterocycles. The fourth-order valence-corrected chi connectivity index (χ4v) is 1.58. The Morgan fingerprint density at radius 3 is 2.27 bits per heavy atom. The Morgan fingerprint density at radius 1 is 1.45 bits per heavy atom.